The Morgan fingerprint density at radius 2 is 1.92 bits per heavy atom. The number of hydrogen-bond donors (Lipinski definition) is 0. The highest BCUT2D eigenvalue weighted by atomic mass is 16.5. The summed E-state index contributed by atoms with van der Waals surface area (Å²) < 4.78 is 8.69. The first-order valence-electron chi connectivity index (χ1n) is 10.1. The Labute approximate surface area is 151 Å². The molecular formula is C23H30NO+. The van der Waals surface area contributed by atoms with E-state index >= 15 is 0 Å². The first-order chi connectivity index (χ1) is 12.2. The normalized spacial score (nSPS) is 18.1. The number of rotatable bonds is 7. The molecule has 0 spiro atoms. The van der Waals surface area contributed by atoms with Gasteiger partial charge in [0.2, 0.25) is 5.69 Å². The molecule has 0 fully saturated rings. The third-order valence-corrected chi connectivity index (χ3v) is 5.81. The molecule has 1 atom stereocenters. The van der Waals surface area contributed by atoms with Crippen LogP contribution in [0.3, 0.4) is 0 Å². The van der Waals surface area contributed by atoms with Gasteiger partial charge in [-0.1, -0.05) is 44.7 Å². The molecule has 0 radical (unpaired) electrons. The summed E-state index contributed by atoms with van der Waals surface area (Å²) in [5, 5.41) is 2.71. The van der Waals surface area contributed by atoms with E-state index < -0.39 is 0 Å². The summed E-state index contributed by atoms with van der Waals surface area (Å²) in [5.74, 6) is 1.13. The van der Waals surface area contributed by atoms with E-state index in [9.17, 15) is 0 Å². The minimum absolute atomic E-state index is 0.300. The Morgan fingerprint density at radius 3 is 2.76 bits per heavy atom. The van der Waals surface area contributed by atoms with Gasteiger partial charge in [0.05, 0.1) is 10.9 Å². The number of benzene rings is 2. The molecule has 4 rings (SSSR count). The van der Waals surface area contributed by atoms with Crippen LogP contribution in [0, 0.1) is 0 Å². The van der Waals surface area contributed by atoms with Crippen molar-refractivity contribution >= 4 is 22.2 Å². The molecule has 2 nitrogen and oxygen atoms in total. The third kappa shape index (κ3) is 2.86. The summed E-state index contributed by atoms with van der Waals surface area (Å²) in [4.78, 5) is 0. The smallest absolute Gasteiger partial charge is 0.214 e. The minimum Gasteiger partial charge on any atom is -0.489 e. The van der Waals surface area contributed by atoms with Gasteiger partial charge >= 0.3 is 0 Å². The van der Waals surface area contributed by atoms with E-state index in [0.29, 0.717) is 6.10 Å². The fourth-order valence-corrected chi connectivity index (χ4v) is 4.52. The van der Waals surface area contributed by atoms with Crippen LogP contribution < -0.4 is 4.74 Å². The highest BCUT2D eigenvalue weighted by Crippen LogP contribution is 2.45. The molecule has 132 valence electrons. The number of fused-ring (bicyclic) bond motifs is 2. The summed E-state index contributed by atoms with van der Waals surface area (Å²) in [6, 6.07) is 9.10. The van der Waals surface area contributed by atoms with Crippen molar-refractivity contribution in [2.75, 3.05) is 6.54 Å². The van der Waals surface area contributed by atoms with Crippen LogP contribution in [0.25, 0.3) is 10.8 Å². The number of hydrogen-bond acceptors (Lipinski definition) is 1. The highest BCUT2D eigenvalue weighted by Gasteiger charge is 2.33. The van der Waals surface area contributed by atoms with Gasteiger partial charge in [0.15, 0.2) is 5.71 Å². The molecule has 0 bridgehead atoms. The van der Waals surface area contributed by atoms with Crippen molar-refractivity contribution in [2.45, 2.75) is 71.8 Å². The van der Waals surface area contributed by atoms with Crippen LogP contribution in [0.2, 0.25) is 0 Å². The molecule has 0 saturated carbocycles. The van der Waals surface area contributed by atoms with Crippen LogP contribution in [-0.4, -0.2) is 22.9 Å². The molecule has 0 aromatic heterocycles. The van der Waals surface area contributed by atoms with E-state index in [1.807, 2.05) is 0 Å². The standard InChI is InChI=1S/C23H30NO/c1-4-5-6-7-8-9-13-24-17(3)19-11-10-12-20-22(19)21(24)15-18-14-16(2)25-23(18)20/h10-12,15-16H,4-9,13-14H2,1-3H3/q+1. The van der Waals surface area contributed by atoms with Gasteiger partial charge in [0, 0.05) is 36.8 Å². The van der Waals surface area contributed by atoms with Crippen molar-refractivity contribution < 1.29 is 9.31 Å². The van der Waals surface area contributed by atoms with Crippen molar-refractivity contribution in [1.82, 2.24) is 0 Å². The van der Waals surface area contributed by atoms with Crippen LogP contribution >= 0.6 is 0 Å². The lowest BCUT2D eigenvalue weighted by Crippen LogP contribution is -2.12. The number of nitrogens with zero attached hydrogens (tertiary/aromatic N) is 1. The van der Waals surface area contributed by atoms with E-state index in [0.717, 1.165) is 18.7 Å². The fraction of sp³-hybridized carbons (Fsp3) is 0.522. The second-order valence-corrected chi connectivity index (χ2v) is 7.75. The molecule has 2 heteroatoms. The van der Waals surface area contributed by atoms with Gasteiger partial charge in [-0.2, -0.15) is 4.58 Å². The van der Waals surface area contributed by atoms with Gasteiger partial charge in [-0.05, 0) is 19.4 Å². The zero-order valence-corrected chi connectivity index (χ0v) is 15.9. The average Bonchev–Trinajstić information content (AvgIpc) is 3.11. The summed E-state index contributed by atoms with van der Waals surface area (Å²) in [6.07, 6.45) is 9.41. The molecule has 2 aliphatic rings. The maximum absolute atomic E-state index is 6.14. The van der Waals surface area contributed by atoms with Crippen LogP contribution in [0.5, 0.6) is 5.75 Å². The van der Waals surface area contributed by atoms with Crippen LogP contribution in [0.4, 0.5) is 5.69 Å². The molecule has 0 amide bonds. The Kier molecular flexibility index (Phi) is 4.54. The van der Waals surface area contributed by atoms with Gasteiger partial charge < -0.3 is 4.74 Å². The Balaban J connectivity index is 1.61. The largest absolute Gasteiger partial charge is 0.489 e. The zero-order valence-electron chi connectivity index (χ0n) is 15.9. The lowest BCUT2D eigenvalue weighted by molar-refractivity contribution is -0.437. The van der Waals surface area contributed by atoms with Crippen molar-refractivity contribution in [3.63, 3.8) is 0 Å². The van der Waals surface area contributed by atoms with Gasteiger partial charge in [0.25, 0.3) is 0 Å². The fourth-order valence-electron chi connectivity index (χ4n) is 4.52. The highest BCUT2D eigenvalue weighted by molar-refractivity contribution is 6.16. The molecule has 25 heavy (non-hydrogen) atoms. The minimum atomic E-state index is 0.300. The second kappa shape index (κ2) is 6.82. The van der Waals surface area contributed by atoms with Gasteiger partial charge in [-0.25, -0.2) is 0 Å². The monoisotopic (exact) mass is 336 g/mol. The molecule has 2 heterocycles. The predicted molar refractivity (Wildman–Crippen MR) is 106 cm³/mol. The Morgan fingerprint density at radius 1 is 1.12 bits per heavy atom. The molecule has 0 N–H and O–H groups in total. The number of ether oxygens (including phenoxy) is 1. The molecule has 2 aromatic carbocycles. The van der Waals surface area contributed by atoms with E-state index in [2.05, 4.69) is 49.6 Å². The Hall–Kier alpha value is -1.83. The molecule has 0 saturated heterocycles. The molecule has 1 unspecified atom stereocenters. The molecular weight excluding hydrogens is 306 g/mol. The van der Waals surface area contributed by atoms with Gasteiger partial charge in [0.1, 0.15) is 18.4 Å². The van der Waals surface area contributed by atoms with Crippen LogP contribution in [0.15, 0.2) is 24.3 Å². The van der Waals surface area contributed by atoms with Crippen molar-refractivity contribution in [1.29, 1.82) is 0 Å². The van der Waals surface area contributed by atoms with E-state index in [1.165, 1.54) is 71.8 Å². The van der Waals surface area contributed by atoms with E-state index in [-0.39, 0.29) is 0 Å². The third-order valence-electron chi connectivity index (χ3n) is 5.81. The summed E-state index contributed by atoms with van der Waals surface area (Å²) in [7, 11) is 0. The first-order valence-corrected chi connectivity index (χ1v) is 10.1. The van der Waals surface area contributed by atoms with Crippen LogP contribution in [-0.2, 0) is 6.42 Å². The lowest BCUT2D eigenvalue weighted by atomic mass is 9.98. The van der Waals surface area contributed by atoms with Gasteiger partial charge in [-0.15, -0.1) is 0 Å². The SMILES string of the molecule is CCCCCCCC[N+]1=C(C)c2cccc3c4c(cc1c23)CC(C)O4. The van der Waals surface area contributed by atoms with E-state index in [1.54, 1.807) is 0 Å². The maximum Gasteiger partial charge on any atom is 0.214 e. The quantitative estimate of drug-likeness (QED) is 0.447. The Bertz CT molecular complexity index is 834. The number of unbranched alkanes of at least 4 members (excludes halogenated alkanes) is 5. The molecule has 2 aliphatic heterocycles. The predicted octanol–water partition coefficient (Wildman–Crippen LogP) is 5.99. The zero-order chi connectivity index (χ0) is 17.4. The summed E-state index contributed by atoms with van der Waals surface area (Å²) in [6.45, 7) is 7.87. The maximum atomic E-state index is 6.14. The van der Waals surface area contributed by atoms with Crippen molar-refractivity contribution in [2.24, 2.45) is 0 Å². The van der Waals surface area contributed by atoms with Crippen molar-refractivity contribution in [3.8, 4) is 5.75 Å². The second-order valence-electron chi connectivity index (χ2n) is 7.75. The average molecular weight is 336 g/mol. The molecule has 2 aromatic rings. The first kappa shape index (κ1) is 16.6. The summed E-state index contributed by atoms with van der Waals surface area (Å²) >= 11 is 0. The summed E-state index contributed by atoms with van der Waals surface area (Å²) in [5.41, 5.74) is 5.60. The van der Waals surface area contributed by atoms with Crippen LogP contribution in [0.1, 0.15) is 70.4 Å². The van der Waals surface area contributed by atoms with Crippen molar-refractivity contribution in [3.05, 3.63) is 35.4 Å². The topological polar surface area (TPSA) is 12.2 Å². The lowest BCUT2D eigenvalue weighted by Gasteiger charge is -2.07. The van der Waals surface area contributed by atoms with E-state index in [4.69, 9.17) is 4.74 Å². The molecule has 0 aliphatic carbocycles. The van der Waals surface area contributed by atoms with Gasteiger partial charge in [-0.3, -0.25) is 0 Å².